The van der Waals surface area contributed by atoms with Crippen LogP contribution in [0.1, 0.15) is 43.0 Å². The minimum atomic E-state index is -0.402. The molecular formula is C16H22N2O3. The van der Waals surface area contributed by atoms with Gasteiger partial charge in [0.15, 0.2) is 0 Å². The number of anilines is 1. The summed E-state index contributed by atoms with van der Waals surface area (Å²) >= 11 is 0. The van der Waals surface area contributed by atoms with E-state index in [0.717, 1.165) is 25.7 Å². The Morgan fingerprint density at radius 1 is 1.33 bits per heavy atom. The van der Waals surface area contributed by atoms with Gasteiger partial charge in [0, 0.05) is 13.2 Å². The number of benzene rings is 1. The Bertz CT molecular complexity index is 496. The summed E-state index contributed by atoms with van der Waals surface area (Å²) in [6.45, 7) is 3.34. The van der Waals surface area contributed by atoms with E-state index in [1.807, 2.05) is 0 Å². The summed E-state index contributed by atoms with van der Waals surface area (Å²) in [6.07, 6.45) is 3.20. The average Bonchev–Trinajstić information content (AvgIpc) is 3.02. The Labute approximate surface area is 125 Å². The highest BCUT2D eigenvalue weighted by atomic mass is 16.5. The fourth-order valence-electron chi connectivity index (χ4n) is 2.26. The standard InChI is InChI=1S/C16H22N2O3/c1-2-3-10-17-15(19)12-7-4-5-8-13(12)18-16(20)14-9-6-11-21-14/h4-5,7-8,14H,2-3,6,9-11H2,1H3,(H,17,19)(H,18,20)/t14-/m0/s1. The van der Waals surface area contributed by atoms with Gasteiger partial charge >= 0.3 is 0 Å². The summed E-state index contributed by atoms with van der Waals surface area (Å²) in [4.78, 5) is 24.2. The third kappa shape index (κ3) is 4.29. The van der Waals surface area contributed by atoms with Crippen molar-refractivity contribution in [1.29, 1.82) is 0 Å². The summed E-state index contributed by atoms with van der Waals surface area (Å²) in [7, 11) is 0. The van der Waals surface area contributed by atoms with Crippen molar-refractivity contribution >= 4 is 17.5 Å². The molecule has 0 saturated carbocycles. The van der Waals surface area contributed by atoms with Crippen LogP contribution in [0.3, 0.4) is 0 Å². The van der Waals surface area contributed by atoms with Crippen LogP contribution in [0.15, 0.2) is 24.3 Å². The Kier molecular flexibility index (Phi) is 5.75. The summed E-state index contributed by atoms with van der Waals surface area (Å²) in [5, 5.41) is 5.66. The van der Waals surface area contributed by atoms with Gasteiger partial charge in [0.05, 0.1) is 11.3 Å². The Morgan fingerprint density at radius 3 is 2.86 bits per heavy atom. The number of nitrogens with one attached hydrogen (secondary N) is 2. The van der Waals surface area contributed by atoms with E-state index >= 15 is 0 Å². The monoisotopic (exact) mass is 290 g/mol. The van der Waals surface area contributed by atoms with Gasteiger partial charge in [-0.25, -0.2) is 0 Å². The van der Waals surface area contributed by atoms with E-state index < -0.39 is 6.10 Å². The van der Waals surface area contributed by atoms with Crippen LogP contribution in [-0.4, -0.2) is 31.1 Å². The number of carbonyl (C=O) groups excluding carboxylic acids is 2. The number of ether oxygens (including phenoxy) is 1. The van der Waals surface area contributed by atoms with Crippen molar-refractivity contribution in [1.82, 2.24) is 5.32 Å². The van der Waals surface area contributed by atoms with Gasteiger partial charge in [-0.15, -0.1) is 0 Å². The molecule has 0 unspecified atom stereocenters. The van der Waals surface area contributed by atoms with Crippen LogP contribution in [-0.2, 0) is 9.53 Å². The molecule has 1 saturated heterocycles. The van der Waals surface area contributed by atoms with Crippen LogP contribution in [0, 0.1) is 0 Å². The predicted octanol–water partition coefficient (Wildman–Crippen LogP) is 2.33. The highest BCUT2D eigenvalue weighted by Gasteiger charge is 2.24. The molecule has 0 aromatic heterocycles. The Hall–Kier alpha value is -1.88. The predicted molar refractivity (Wildman–Crippen MR) is 81.3 cm³/mol. The molecule has 2 rings (SSSR count). The number of hydrogen-bond donors (Lipinski definition) is 2. The minimum absolute atomic E-state index is 0.160. The molecule has 2 amide bonds. The fraction of sp³-hybridized carbons (Fsp3) is 0.500. The number of para-hydroxylation sites is 1. The largest absolute Gasteiger partial charge is 0.368 e. The van der Waals surface area contributed by atoms with Crippen molar-refractivity contribution in [3.8, 4) is 0 Å². The van der Waals surface area contributed by atoms with Gasteiger partial charge in [0.1, 0.15) is 6.10 Å². The summed E-state index contributed by atoms with van der Waals surface area (Å²) in [5.74, 6) is -0.340. The van der Waals surface area contributed by atoms with Crippen molar-refractivity contribution in [2.75, 3.05) is 18.5 Å². The van der Waals surface area contributed by atoms with Gasteiger partial charge in [0.2, 0.25) is 0 Å². The molecule has 2 N–H and O–H groups in total. The Morgan fingerprint density at radius 2 is 2.14 bits per heavy atom. The molecule has 21 heavy (non-hydrogen) atoms. The van der Waals surface area contributed by atoms with Crippen LogP contribution in [0.4, 0.5) is 5.69 Å². The van der Waals surface area contributed by atoms with Gasteiger partial charge in [-0.1, -0.05) is 25.5 Å². The zero-order valence-electron chi connectivity index (χ0n) is 12.4. The first-order valence-electron chi connectivity index (χ1n) is 7.52. The molecule has 1 aliphatic heterocycles. The van der Waals surface area contributed by atoms with E-state index in [0.29, 0.717) is 24.4 Å². The van der Waals surface area contributed by atoms with Crippen molar-refractivity contribution in [3.63, 3.8) is 0 Å². The van der Waals surface area contributed by atoms with Gasteiger partial charge in [-0.3, -0.25) is 9.59 Å². The van der Waals surface area contributed by atoms with E-state index in [2.05, 4.69) is 17.6 Å². The molecule has 1 aromatic carbocycles. The van der Waals surface area contributed by atoms with Crippen molar-refractivity contribution < 1.29 is 14.3 Å². The lowest BCUT2D eigenvalue weighted by molar-refractivity contribution is -0.124. The van der Waals surface area contributed by atoms with Crippen molar-refractivity contribution in [3.05, 3.63) is 29.8 Å². The smallest absolute Gasteiger partial charge is 0.253 e. The number of hydrogen-bond acceptors (Lipinski definition) is 3. The van der Waals surface area contributed by atoms with Crippen LogP contribution >= 0.6 is 0 Å². The van der Waals surface area contributed by atoms with E-state index in [1.54, 1.807) is 24.3 Å². The maximum Gasteiger partial charge on any atom is 0.253 e. The van der Waals surface area contributed by atoms with Gasteiger partial charge in [-0.2, -0.15) is 0 Å². The number of unbranched alkanes of at least 4 members (excludes halogenated alkanes) is 1. The van der Waals surface area contributed by atoms with Gasteiger partial charge < -0.3 is 15.4 Å². The second-order valence-electron chi connectivity index (χ2n) is 5.15. The molecule has 1 aromatic rings. The third-order valence-electron chi connectivity index (χ3n) is 3.47. The van der Waals surface area contributed by atoms with Crippen LogP contribution in [0.5, 0.6) is 0 Å². The van der Waals surface area contributed by atoms with Gasteiger partial charge in [0.25, 0.3) is 11.8 Å². The first-order chi connectivity index (χ1) is 10.2. The maximum atomic E-state index is 12.1. The molecule has 5 nitrogen and oxygen atoms in total. The highest BCUT2D eigenvalue weighted by molar-refractivity contribution is 6.04. The third-order valence-corrected chi connectivity index (χ3v) is 3.47. The zero-order chi connectivity index (χ0) is 15.1. The number of amides is 2. The molecule has 0 aliphatic carbocycles. The zero-order valence-corrected chi connectivity index (χ0v) is 12.4. The summed E-state index contributed by atoms with van der Waals surface area (Å²) in [6, 6.07) is 7.04. The minimum Gasteiger partial charge on any atom is -0.368 e. The molecule has 114 valence electrons. The number of carbonyl (C=O) groups is 2. The molecule has 5 heteroatoms. The molecular weight excluding hydrogens is 268 g/mol. The molecule has 1 atom stereocenters. The average molecular weight is 290 g/mol. The first-order valence-corrected chi connectivity index (χ1v) is 7.52. The van der Waals surface area contributed by atoms with Gasteiger partial charge in [-0.05, 0) is 31.4 Å². The molecule has 1 fully saturated rings. The van der Waals surface area contributed by atoms with Crippen LogP contribution < -0.4 is 10.6 Å². The first kappa shape index (κ1) is 15.5. The second kappa shape index (κ2) is 7.78. The number of rotatable bonds is 6. The highest BCUT2D eigenvalue weighted by Crippen LogP contribution is 2.18. The normalized spacial score (nSPS) is 17.5. The van der Waals surface area contributed by atoms with Crippen LogP contribution in [0.2, 0.25) is 0 Å². The maximum absolute atomic E-state index is 12.1. The lowest BCUT2D eigenvalue weighted by atomic mass is 10.1. The summed E-state index contributed by atoms with van der Waals surface area (Å²) < 4.78 is 5.35. The van der Waals surface area contributed by atoms with Crippen molar-refractivity contribution in [2.24, 2.45) is 0 Å². The summed E-state index contributed by atoms with van der Waals surface area (Å²) in [5.41, 5.74) is 1.02. The molecule has 0 bridgehead atoms. The molecule has 0 spiro atoms. The van der Waals surface area contributed by atoms with E-state index in [9.17, 15) is 9.59 Å². The molecule has 1 aliphatic rings. The SMILES string of the molecule is CCCCNC(=O)c1ccccc1NC(=O)[C@@H]1CCCO1. The molecule has 1 heterocycles. The second-order valence-corrected chi connectivity index (χ2v) is 5.15. The van der Waals surface area contributed by atoms with E-state index in [1.165, 1.54) is 0 Å². The fourth-order valence-corrected chi connectivity index (χ4v) is 2.26. The van der Waals surface area contributed by atoms with Crippen molar-refractivity contribution in [2.45, 2.75) is 38.7 Å². The topological polar surface area (TPSA) is 67.4 Å². The lowest BCUT2D eigenvalue weighted by Gasteiger charge is -2.14. The quantitative estimate of drug-likeness (QED) is 0.790. The van der Waals surface area contributed by atoms with E-state index in [4.69, 9.17) is 4.74 Å². The molecule has 0 radical (unpaired) electrons. The van der Waals surface area contributed by atoms with E-state index in [-0.39, 0.29) is 11.8 Å². The van der Waals surface area contributed by atoms with Crippen LogP contribution in [0.25, 0.3) is 0 Å². The Balaban J connectivity index is 2.02. The lowest BCUT2D eigenvalue weighted by Crippen LogP contribution is -2.29.